The van der Waals surface area contributed by atoms with Crippen molar-refractivity contribution in [2.45, 2.75) is 13.8 Å². The molecular weight excluding hydrogens is 227 g/mol. The lowest BCUT2D eigenvalue weighted by Gasteiger charge is -2.08. The maximum atomic E-state index is 13.3. The highest BCUT2D eigenvalue weighted by atomic mass is 19.1. The number of nitrogens with one attached hydrogen (secondary N) is 1. The predicted octanol–water partition coefficient (Wildman–Crippen LogP) is 2.12. The van der Waals surface area contributed by atoms with Gasteiger partial charge < -0.3 is 5.32 Å². The van der Waals surface area contributed by atoms with Gasteiger partial charge in [-0.1, -0.05) is 13.8 Å². The fraction of sp³-hybridized carbons (Fsp3) is 0.364. The molecule has 0 aromatic heterocycles. The maximum absolute atomic E-state index is 13.3. The molecule has 17 heavy (non-hydrogen) atoms. The third-order valence-corrected chi connectivity index (χ3v) is 2.08. The van der Waals surface area contributed by atoms with Crippen molar-refractivity contribution in [3.8, 4) is 0 Å². The van der Waals surface area contributed by atoms with E-state index in [-0.39, 0.29) is 17.2 Å². The fourth-order valence-electron chi connectivity index (χ4n) is 1.19. The Morgan fingerprint density at radius 1 is 1.53 bits per heavy atom. The molecule has 0 saturated heterocycles. The largest absolute Gasteiger partial charge is 0.352 e. The minimum Gasteiger partial charge on any atom is -0.352 e. The molecular formula is C11H13FN2O3. The smallest absolute Gasteiger partial charge is 0.270 e. The van der Waals surface area contributed by atoms with Crippen molar-refractivity contribution >= 4 is 11.6 Å². The number of amides is 1. The summed E-state index contributed by atoms with van der Waals surface area (Å²) in [6.07, 6.45) is 0. The van der Waals surface area contributed by atoms with E-state index in [4.69, 9.17) is 0 Å². The summed E-state index contributed by atoms with van der Waals surface area (Å²) >= 11 is 0. The van der Waals surface area contributed by atoms with Gasteiger partial charge in [-0.3, -0.25) is 14.9 Å². The van der Waals surface area contributed by atoms with Gasteiger partial charge in [0.2, 0.25) is 0 Å². The molecule has 5 nitrogen and oxygen atoms in total. The number of non-ortho nitro benzene ring substituents is 1. The summed E-state index contributed by atoms with van der Waals surface area (Å²) in [4.78, 5) is 21.4. The summed E-state index contributed by atoms with van der Waals surface area (Å²) in [6, 6.07) is 2.88. The Hall–Kier alpha value is -1.98. The standard InChI is InChI=1S/C11H13FN2O3/c1-7(2)6-13-11(15)9-5-8(14(16)17)3-4-10(9)12/h3-5,7H,6H2,1-2H3,(H,13,15). The van der Waals surface area contributed by atoms with Crippen molar-refractivity contribution in [2.24, 2.45) is 5.92 Å². The van der Waals surface area contributed by atoms with Gasteiger partial charge in [-0.05, 0) is 12.0 Å². The van der Waals surface area contributed by atoms with E-state index in [0.717, 1.165) is 18.2 Å². The Kier molecular flexibility index (Phi) is 4.14. The van der Waals surface area contributed by atoms with Crippen LogP contribution < -0.4 is 5.32 Å². The molecule has 1 aromatic rings. The monoisotopic (exact) mass is 240 g/mol. The molecule has 6 heteroatoms. The van der Waals surface area contributed by atoms with Gasteiger partial charge in [-0.25, -0.2) is 4.39 Å². The first-order valence-electron chi connectivity index (χ1n) is 5.14. The van der Waals surface area contributed by atoms with Crippen molar-refractivity contribution in [1.29, 1.82) is 0 Å². The Morgan fingerprint density at radius 2 is 2.18 bits per heavy atom. The maximum Gasteiger partial charge on any atom is 0.270 e. The molecule has 0 aliphatic heterocycles. The Labute approximate surface area is 97.8 Å². The molecule has 0 aliphatic carbocycles. The first-order chi connectivity index (χ1) is 7.91. The van der Waals surface area contributed by atoms with Gasteiger partial charge in [0.25, 0.3) is 11.6 Å². The minimum absolute atomic E-state index is 0.223. The minimum atomic E-state index is -0.767. The summed E-state index contributed by atoms with van der Waals surface area (Å²) in [7, 11) is 0. The van der Waals surface area contributed by atoms with Crippen molar-refractivity contribution < 1.29 is 14.1 Å². The summed E-state index contributed by atoms with van der Waals surface area (Å²) in [6.45, 7) is 4.18. The van der Waals surface area contributed by atoms with E-state index in [1.165, 1.54) is 0 Å². The zero-order chi connectivity index (χ0) is 13.0. The van der Waals surface area contributed by atoms with Crippen molar-refractivity contribution in [2.75, 3.05) is 6.54 Å². The second-order valence-corrected chi connectivity index (χ2v) is 4.03. The number of benzene rings is 1. The van der Waals surface area contributed by atoms with E-state index in [9.17, 15) is 19.3 Å². The van der Waals surface area contributed by atoms with Crippen LogP contribution in [0.4, 0.5) is 10.1 Å². The van der Waals surface area contributed by atoms with Crippen LogP contribution in [0.2, 0.25) is 0 Å². The summed E-state index contributed by atoms with van der Waals surface area (Å²) in [5, 5.41) is 13.0. The van der Waals surface area contributed by atoms with E-state index in [0.29, 0.717) is 6.54 Å². The number of nitro benzene ring substituents is 1. The molecule has 0 atom stereocenters. The molecule has 1 rings (SSSR count). The number of carbonyl (C=O) groups is 1. The van der Waals surface area contributed by atoms with Gasteiger partial charge >= 0.3 is 0 Å². The first-order valence-corrected chi connectivity index (χ1v) is 5.14. The molecule has 0 unspecified atom stereocenters. The highest BCUT2D eigenvalue weighted by Gasteiger charge is 2.16. The van der Waals surface area contributed by atoms with Crippen molar-refractivity contribution in [1.82, 2.24) is 5.32 Å². The van der Waals surface area contributed by atoms with E-state index in [1.54, 1.807) is 0 Å². The molecule has 1 aromatic carbocycles. The molecule has 0 aliphatic rings. The van der Waals surface area contributed by atoms with Crippen LogP contribution in [-0.4, -0.2) is 17.4 Å². The third-order valence-electron chi connectivity index (χ3n) is 2.08. The second kappa shape index (κ2) is 5.38. The number of nitrogens with zero attached hydrogens (tertiary/aromatic N) is 1. The highest BCUT2D eigenvalue weighted by molar-refractivity contribution is 5.95. The van der Waals surface area contributed by atoms with Gasteiger partial charge in [0.05, 0.1) is 10.5 Å². The molecule has 0 spiro atoms. The number of rotatable bonds is 4. The van der Waals surface area contributed by atoms with Crippen LogP contribution in [0.5, 0.6) is 0 Å². The van der Waals surface area contributed by atoms with Crippen LogP contribution in [0.15, 0.2) is 18.2 Å². The van der Waals surface area contributed by atoms with Gasteiger partial charge in [0.15, 0.2) is 0 Å². The van der Waals surface area contributed by atoms with Crippen LogP contribution >= 0.6 is 0 Å². The first kappa shape index (κ1) is 13.1. The summed E-state index contributed by atoms with van der Waals surface area (Å²) in [5.41, 5.74) is -0.610. The van der Waals surface area contributed by atoms with Gasteiger partial charge in [-0.15, -0.1) is 0 Å². The van der Waals surface area contributed by atoms with Gasteiger partial charge in [-0.2, -0.15) is 0 Å². The lowest BCUT2D eigenvalue weighted by Crippen LogP contribution is -2.28. The number of hydrogen-bond donors (Lipinski definition) is 1. The number of hydrogen-bond acceptors (Lipinski definition) is 3. The van der Waals surface area contributed by atoms with Crippen LogP contribution in [0.25, 0.3) is 0 Å². The molecule has 1 amide bonds. The Morgan fingerprint density at radius 3 is 2.71 bits per heavy atom. The molecule has 0 bridgehead atoms. The quantitative estimate of drug-likeness (QED) is 0.647. The van der Waals surface area contributed by atoms with Gasteiger partial charge in [0, 0.05) is 18.7 Å². The van der Waals surface area contributed by atoms with Crippen molar-refractivity contribution in [3.63, 3.8) is 0 Å². The Balaban J connectivity index is 2.92. The number of nitro groups is 1. The third kappa shape index (κ3) is 3.51. The molecule has 0 heterocycles. The van der Waals surface area contributed by atoms with E-state index < -0.39 is 16.6 Å². The van der Waals surface area contributed by atoms with Crippen LogP contribution in [0.1, 0.15) is 24.2 Å². The van der Waals surface area contributed by atoms with E-state index in [1.807, 2.05) is 13.8 Å². The summed E-state index contributed by atoms with van der Waals surface area (Å²) < 4.78 is 13.3. The molecule has 0 radical (unpaired) electrons. The highest BCUT2D eigenvalue weighted by Crippen LogP contribution is 2.16. The average molecular weight is 240 g/mol. The van der Waals surface area contributed by atoms with E-state index >= 15 is 0 Å². The number of halogens is 1. The molecule has 0 saturated carbocycles. The normalized spacial score (nSPS) is 10.4. The zero-order valence-corrected chi connectivity index (χ0v) is 9.57. The lowest BCUT2D eigenvalue weighted by atomic mass is 10.1. The SMILES string of the molecule is CC(C)CNC(=O)c1cc([N+](=O)[O-])ccc1F. The van der Waals surface area contributed by atoms with Gasteiger partial charge in [0.1, 0.15) is 5.82 Å². The molecule has 1 N–H and O–H groups in total. The molecule has 92 valence electrons. The molecule has 0 fully saturated rings. The predicted molar refractivity (Wildman–Crippen MR) is 60.2 cm³/mol. The van der Waals surface area contributed by atoms with Crippen LogP contribution in [0, 0.1) is 21.8 Å². The average Bonchev–Trinajstić information content (AvgIpc) is 2.26. The Bertz CT molecular complexity index is 446. The van der Waals surface area contributed by atoms with E-state index in [2.05, 4.69) is 5.32 Å². The van der Waals surface area contributed by atoms with Crippen LogP contribution in [-0.2, 0) is 0 Å². The fourth-order valence-corrected chi connectivity index (χ4v) is 1.19. The summed E-state index contributed by atoms with van der Waals surface area (Å²) in [5.74, 6) is -1.18. The topological polar surface area (TPSA) is 72.2 Å². The van der Waals surface area contributed by atoms with Crippen molar-refractivity contribution in [3.05, 3.63) is 39.7 Å². The number of carbonyl (C=O) groups excluding carboxylic acids is 1. The lowest BCUT2D eigenvalue weighted by molar-refractivity contribution is -0.384. The van der Waals surface area contributed by atoms with Crippen LogP contribution in [0.3, 0.4) is 0 Å². The zero-order valence-electron chi connectivity index (χ0n) is 9.57. The second-order valence-electron chi connectivity index (χ2n) is 4.03.